The van der Waals surface area contributed by atoms with Crippen molar-refractivity contribution in [2.75, 3.05) is 32.2 Å². The molecular weight excluding hydrogens is 482 g/mol. The number of hydrogen-bond acceptors (Lipinski definition) is 8. The van der Waals surface area contributed by atoms with E-state index in [-0.39, 0.29) is 31.1 Å². The highest BCUT2D eigenvalue weighted by atomic mass is 35.5. The Balaban J connectivity index is 1.51. The van der Waals surface area contributed by atoms with Crippen LogP contribution in [0.3, 0.4) is 0 Å². The summed E-state index contributed by atoms with van der Waals surface area (Å²) in [6, 6.07) is 0. The molecule has 0 aromatic rings. The second kappa shape index (κ2) is 13.4. The van der Waals surface area contributed by atoms with Crippen LogP contribution >= 0.6 is 11.6 Å². The second-order valence-corrected chi connectivity index (χ2v) is 10.2. The lowest BCUT2D eigenvalue weighted by molar-refractivity contribution is 0.0423. The van der Waals surface area contributed by atoms with E-state index in [0.717, 1.165) is 36.5 Å². The first-order chi connectivity index (χ1) is 17.2. The van der Waals surface area contributed by atoms with Gasteiger partial charge < -0.3 is 30.2 Å². The van der Waals surface area contributed by atoms with Crippen LogP contribution < -0.4 is 11.0 Å². The SMILES string of the molecule is CC1=C(CO)NNN1CC(O)COC1=CCC(C(C)(C)C2=C/CCC=C(OCC(O)CCl)/C=C\2)C=C1. The van der Waals surface area contributed by atoms with Crippen LogP contribution in [0.2, 0.25) is 0 Å². The van der Waals surface area contributed by atoms with Crippen molar-refractivity contribution < 1.29 is 24.8 Å². The van der Waals surface area contributed by atoms with E-state index in [2.05, 4.69) is 49.1 Å². The van der Waals surface area contributed by atoms with E-state index in [1.165, 1.54) is 5.57 Å². The fourth-order valence-corrected chi connectivity index (χ4v) is 4.40. The first kappa shape index (κ1) is 28.3. The van der Waals surface area contributed by atoms with Gasteiger partial charge in [-0.15, -0.1) is 17.1 Å². The summed E-state index contributed by atoms with van der Waals surface area (Å²) in [6.45, 7) is 6.97. The maximum Gasteiger partial charge on any atom is 0.116 e. The predicted octanol–water partition coefficient (Wildman–Crippen LogP) is 3.18. The maximum atomic E-state index is 10.4. The third-order valence-corrected chi connectivity index (χ3v) is 7.19. The number of nitrogens with one attached hydrogen (secondary N) is 2. The molecule has 3 rings (SSSR count). The monoisotopic (exact) mass is 521 g/mol. The van der Waals surface area contributed by atoms with Crippen LogP contribution in [0, 0.1) is 11.3 Å². The molecule has 0 amide bonds. The van der Waals surface area contributed by atoms with Gasteiger partial charge in [-0.3, -0.25) is 5.01 Å². The number of hydrazine groups is 2. The van der Waals surface area contributed by atoms with E-state index in [4.69, 9.17) is 21.1 Å². The van der Waals surface area contributed by atoms with Gasteiger partial charge in [0, 0.05) is 0 Å². The van der Waals surface area contributed by atoms with Crippen LogP contribution in [0.1, 0.15) is 40.0 Å². The van der Waals surface area contributed by atoms with Gasteiger partial charge in [0.25, 0.3) is 0 Å². The number of nitrogens with zero attached hydrogens (tertiary/aromatic N) is 1. The zero-order chi connectivity index (χ0) is 26.1. The minimum absolute atomic E-state index is 0.0891. The van der Waals surface area contributed by atoms with Gasteiger partial charge in [-0.2, -0.15) is 0 Å². The summed E-state index contributed by atoms with van der Waals surface area (Å²) in [7, 11) is 0. The Labute approximate surface area is 219 Å². The standard InChI is InChI=1S/C27H40ClN3O5/c1-19-26(16-32)29-30-31(19)15-23(34)18-36-25-12-9-21(10-13-25)27(2,3)20-6-4-5-7-24(11-8-20)35-17-22(33)14-28/h6-9,11-13,21-23,29-30,32-34H,4-5,10,14-18H2,1-3H3/b11-8-,20-6+,24-7?. The molecule has 8 nitrogen and oxygen atoms in total. The van der Waals surface area contributed by atoms with Crippen molar-refractivity contribution in [3.8, 4) is 0 Å². The number of hydrogen-bond donors (Lipinski definition) is 5. The van der Waals surface area contributed by atoms with Gasteiger partial charge >= 0.3 is 0 Å². The highest BCUT2D eigenvalue weighted by molar-refractivity contribution is 6.18. The molecule has 0 aromatic heterocycles. The highest BCUT2D eigenvalue weighted by Gasteiger charge is 2.31. The fourth-order valence-electron chi connectivity index (χ4n) is 4.32. The fraction of sp³-hybridized carbons (Fsp3) is 0.556. The van der Waals surface area contributed by atoms with Crippen molar-refractivity contribution in [1.82, 2.24) is 16.0 Å². The lowest BCUT2D eigenvalue weighted by Gasteiger charge is -2.35. The normalized spacial score (nSPS) is 24.6. The van der Waals surface area contributed by atoms with Crippen molar-refractivity contribution in [1.29, 1.82) is 0 Å². The van der Waals surface area contributed by atoms with Gasteiger partial charge in [-0.25, -0.2) is 0 Å². The molecule has 0 spiro atoms. The average Bonchev–Trinajstić information content (AvgIpc) is 3.20. The Morgan fingerprint density at radius 3 is 2.39 bits per heavy atom. The number of halogens is 1. The summed E-state index contributed by atoms with van der Waals surface area (Å²) in [5.74, 6) is 1.96. The van der Waals surface area contributed by atoms with Crippen LogP contribution in [0.15, 0.2) is 71.0 Å². The lowest BCUT2D eigenvalue weighted by Crippen LogP contribution is -2.43. The molecule has 0 fully saturated rings. The molecule has 2 aliphatic carbocycles. The van der Waals surface area contributed by atoms with E-state index < -0.39 is 12.2 Å². The summed E-state index contributed by atoms with van der Waals surface area (Å²) < 4.78 is 11.6. The summed E-state index contributed by atoms with van der Waals surface area (Å²) in [5.41, 5.74) is 8.48. The molecule has 0 aromatic carbocycles. The second-order valence-electron chi connectivity index (χ2n) is 9.86. The predicted molar refractivity (Wildman–Crippen MR) is 141 cm³/mol. The molecule has 1 heterocycles. The molecule has 0 bridgehead atoms. The molecule has 36 heavy (non-hydrogen) atoms. The Morgan fingerprint density at radius 1 is 1.06 bits per heavy atom. The van der Waals surface area contributed by atoms with Crippen LogP contribution in [-0.2, 0) is 9.47 Å². The molecule has 0 radical (unpaired) electrons. The average molecular weight is 522 g/mol. The number of allylic oxidation sites excluding steroid dienone is 9. The van der Waals surface area contributed by atoms with E-state index in [1.54, 1.807) is 5.01 Å². The van der Waals surface area contributed by atoms with Gasteiger partial charge in [-0.05, 0) is 67.4 Å². The molecule has 200 valence electrons. The van der Waals surface area contributed by atoms with Crippen molar-refractivity contribution in [3.63, 3.8) is 0 Å². The Bertz CT molecular complexity index is 938. The Hall–Kier alpha value is -2.23. The smallest absolute Gasteiger partial charge is 0.116 e. The summed E-state index contributed by atoms with van der Waals surface area (Å²) in [6.07, 6.45) is 15.9. The van der Waals surface area contributed by atoms with Crippen molar-refractivity contribution in [2.45, 2.75) is 52.2 Å². The van der Waals surface area contributed by atoms with Crippen molar-refractivity contribution in [3.05, 3.63) is 71.0 Å². The minimum Gasteiger partial charge on any atom is -0.491 e. The highest BCUT2D eigenvalue weighted by Crippen LogP contribution is 2.41. The molecule has 1 aliphatic heterocycles. The molecule has 9 heteroatoms. The third kappa shape index (κ3) is 7.63. The molecule has 3 aliphatic rings. The van der Waals surface area contributed by atoms with Crippen molar-refractivity contribution >= 4 is 11.6 Å². The molecular formula is C27H40ClN3O5. The van der Waals surface area contributed by atoms with Gasteiger partial charge in [0.05, 0.1) is 30.4 Å². The first-order valence-corrected chi connectivity index (χ1v) is 13.0. The Morgan fingerprint density at radius 2 is 1.75 bits per heavy atom. The van der Waals surface area contributed by atoms with Crippen LogP contribution in [0.25, 0.3) is 0 Å². The molecule has 5 N–H and O–H groups in total. The van der Waals surface area contributed by atoms with E-state index in [1.807, 2.05) is 25.2 Å². The topological polar surface area (TPSA) is 106 Å². The number of β-amino-alcohol motifs (C(OH)–C–C–N with tert-alkyl or cyclic N) is 1. The number of aliphatic hydroxyl groups excluding tert-OH is 3. The van der Waals surface area contributed by atoms with Crippen LogP contribution in [0.5, 0.6) is 0 Å². The minimum atomic E-state index is -0.698. The van der Waals surface area contributed by atoms with Gasteiger partial charge in [0.2, 0.25) is 0 Å². The van der Waals surface area contributed by atoms with Crippen LogP contribution in [-0.4, -0.2) is 64.8 Å². The molecule has 0 saturated carbocycles. The van der Waals surface area contributed by atoms with E-state index in [0.29, 0.717) is 18.2 Å². The number of alkyl halides is 1. The first-order valence-electron chi connectivity index (χ1n) is 12.5. The maximum absolute atomic E-state index is 10.4. The molecule has 0 saturated heterocycles. The van der Waals surface area contributed by atoms with E-state index in [9.17, 15) is 15.3 Å². The van der Waals surface area contributed by atoms with Crippen LogP contribution in [0.4, 0.5) is 0 Å². The lowest BCUT2D eigenvalue weighted by atomic mass is 9.69. The Kier molecular flexibility index (Phi) is 10.5. The van der Waals surface area contributed by atoms with Gasteiger partial charge in [0.15, 0.2) is 0 Å². The number of ether oxygens (including phenoxy) is 2. The quantitative estimate of drug-likeness (QED) is 0.249. The zero-order valence-electron chi connectivity index (χ0n) is 21.4. The van der Waals surface area contributed by atoms with E-state index >= 15 is 0 Å². The van der Waals surface area contributed by atoms with Gasteiger partial charge in [-0.1, -0.05) is 32.1 Å². The largest absolute Gasteiger partial charge is 0.491 e. The summed E-state index contributed by atoms with van der Waals surface area (Å²) in [5, 5.41) is 31.1. The third-order valence-electron chi connectivity index (χ3n) is 6.84. The molecule has 3 atom stereocenters. The van der Waals surface area contributed by atoms with Gasteiger partial charge in [0.1, 0.15) is 36.9 Å². The number of rotatable bonds is 12. The zero-order valence-corrected chi connectivity index (χ0v) is 22.2. The molecule has 3 unspecified atom stereocenters. The van der Waals surface area contributed by atoms with Crippen molar-refractivity contribution in [2.24, 2.45) is 11.3 Å². The summed E-state index contributed by atoms with van der Waals surface area (Å²) in [4.78, 5) is 0. The summed E-state index contributed by atoms with van der Waals surface area (Å²) >= 11 is 5.67. The number of aliphatic hydroxyl groups is 3.